The molecule has 98 valence electrons. The maximum atomic E-state index is 12.2. The van der Waals surface area contributed by atoms with Crippen LogP contribution in [0, 0.1) is 0 Å². The molecule has 6 nitrogen and oxygen atoms in total. The molecule has 0 radical (unpaired) electrons. The second-order valence-corrected chi connectivity index (χ2v) is 3.76. The molecule has 6 heteroatoms. The van der Waals surface area contributed by atoms with Crippen LogP contribution in [0.4, 0.5) is 4.79 Å². The molecular weight excluding hydrogens is 224 g/mol. The van der Waals surface area contributed by atoms with Gasteiger partial charge >= 0.3 is 12.0 Å². The van der Waals surface area contributed by atoms with Gasteiger partial charge < -0.3 is 19.3 Å². The number of carbonyl (C=O) groups is 2. The quantitative estimate of drug-likeness (QED) is 0.671. The lowest BCUT2D eigenvalue weighted by atomic mass is 10.2. The first kappa shape index (κ1) is 13.8. The van der Waals surface area contributed by atoms with Gasteiger partial charge in [0.1, 0.15) is 0 Å². The molecule has 0 aliphatic carbocycles. The molecule has 1 fully saturated rings. The van der Waals surface area contributed by atoms with Crippen molar-refractivity contribution in [3.05, 3.63) is 0 Å². The molecule has 17 heavy (non-hydrogen) atoms. The summed E-state index contributed by atoms with van der Waals surface area (Å²) in [4.78, 5) is 27.0. The highest BCUT2D eigenvalue weighted by molar-refractivity contribution is 5.84. The molecule has 1 heterocycles. The zero-order valence-electron chi connectivity index (χ0n) is 10.6. The number of hydrogen-bond acceptors (Lipinski definition) is 4. The van der Waals surface area contributed by atoms with E-state index >= 15 is 0 Å². The third-order valence-corrected chi connectivity index (χ3v) is 2.88. The minimum Gasteiger partial charge on any atom is -0.467 e. The second-order valence-electron chi connectivity index (χ2n) is 3.76. The van der Waals surface area contributed by atoms with Crippen molar-refractivity contribution in [1.82, 2.24) is 9.80 Å². The number of hydrogen-bond donors (Lipinski definition) is 0. The van der Waals surface area contributed by atoms with Crippen molar-refractivity contribution < 1.29 is 19.1 Å². The smallest absolute Gasteiger partial charge is 0.331 e. The van der Waals surface area contributed by atoms with Crippen LogP contribution in [0.1, 0.15) is 13.8 Å². The molecule has 2 amide bonds. The van der Waals surface area contributed by atoms with Crippen LogP contribution in [-0.2, 0) is 14.3 Å². The number of carbonyl (C=O) groups excluding carboxylic acids is 2. The lowest BCUT2D eigenvalue weighted by Gasteiger charge is -2.36. The summed E-state index contributed by atoms with van der Waals surface area (Å²) in [6, 6.07) is -0.754. The molecule has 0 aromatic heterocycles. The third-order valence-electron chi connectivity index (χ3n) is 2.88. The van der Waals surface area contributed by atoms with Gasteiger partial charge in [0.05, 0.1) is 20.3 Å². The van der Waals surface area contributed by atoms with Gasteiger partial charge in [-0.3, -0.25) is 0 Å². The van der Waals surface area contributed by atoms with Gasteiger partial charge in [0.2, 0.25) is 0 Å². The number of nitrogens with zero attached hydrogens (tertiary/aromatic N) is 2. The van der Waals surface area contributed by atoms with Gasteiger partial charge in [0, 0.05) is 19.6 Å². The highest BCUT2D eigenvalue weighted by Crippen LogP contribution is 2.11. The number of morpholine rings is 1. The van der Waals surface area contributed by atoms with Gasteiger partial charge in [-0.2, -0.15) is 0 Å². The summed E-state index contributed by atoms with van der Waals surface area (Å²) in [5.41, 5.74) is 0. The van der Waals surface area contributed by atoms with E-state index in [9.17, 15) is 9.59 Å². The third kappa shape index (κ3) is 3.09. The molecule has 1 rings (SSSR count). The summed E-state index contributed by atoms with van der Waals surface area (Å²) in [6.45, 7) is 6.17. The van der Waals surface area contributed by atoms with Crippen molar-refractivity contribution in [3.63, 3.8) is 0 Å². The Morgan fingerprint density at radius 2 is 2.06 bits per heavy atom. The number of methoxy groups -OCH3 is 1. The largest absolute Gasteiger partial charge is 0.467 e. The lowest BCUT2D eigenvalue weighted by molar-refractivity contribution is -0.151. The van der Waals surface area contributed by atoms with Crippen LogP contribution in [0.3, 0.4) is 0 Å². The zero-order valence-corrected chi connectivity index (χ0v) is 10.6. The topological polar surface area (TPSA) is 59.1 Å². The average Bonchev–Trinajstić information content (AvgIpc) is 2.39. The van der Waals surface area contributed by atoms with Gasteiger partial charge in [-0.1, -0.05) is 0 Å². The maximum Gasteiger partial charge on any atom is 0.331 e. The van der Waals surface area contributed by atoms with E-state index in [1.807, 2.05) is 13.8 Å². The van der Waals surface area contributed by atoms with Crippen LogP contribution in [0.5, 0.6) is 0 Å². The Labute approximate surface area is 101 Å². The van der Waals surface area contributed by atoms with E-state index in [0.29, 0.717) is 26.2 Å². The van der Waals surface area contributed by atoms with E-state index in [-0.39, 0.29) is 12.6 Å². The predicted molar refractivity (Wildman–Crippen MR) is 61.6 cm³/mol. The monoisotopic (exact) mass is 244 g/mol. The summed E-state index contributed by atoms with van der Waals surface area (Å²) in [5, 5.41) is 0. The number of ether oxygens (including phenoxy) is 2. The normalized spacial score (nSPS) is 19.9. The second kappa shape index (κ2) is 6.44. The fourth-order valence-electron chi connectivity index (χ4n) is 1.84. The first-order chi connectivity index (χ1) is 8.15. The van der Waals surface area contributed by atoms with Crippen molar-refractivity contribution in [1.29, 1.82) is 0 Å². The van der Waals surface area contributed by atoms with Crippen LogP contribution in [-0.4, -0.2) is 67.8 Å². The van der Waals surface area contributed by atoms with Gasteiger partial charge in [-0.05, 0) is 13.8 Å². The Morgan fingerprint density at radius 3 is 2.59 bits per heavy atom. The first-order valence-electron chi connectivity index (χ1n) is 5.86. The summed E-state index contributed by atoms with van der Waals surface area (Å²) in [5.74, 6) is -0.426. The Bertz CT molecular complexity index is 279. The van der Waals surface area contributed by atoms with Crippen LogP contribution in [0.2, 0.25) is 0 Å². The standard InChI is InChI=1S/C11H20N2O4/c1-4-12(5-2)11(15)13-6-7-17-8-9(13)10(14)16-3/h9H,4-8H2,1-3H3. The number of urea groups is 1. The van der Waals surface area contributed by atoms with Gasteiger partial charge in [0.15, 0.2) is 6.04 Å². The molecule has 0 saturated carbocycles. The Kier molecular flexibility index (Phi) is 5.21. The zero-order chi connectivity index (χ0) is 12.8. The van der Waals surface area contributed by atoms with Crippen LogP contribution < -0.4 is 0 Å². The summed E-state index contributed by atoms with van der Waals surface area (Å²) >= 11 is 0. The van der Waals surface area contributed by atoms with Crippen molar-refractivity contribution in [3.8, 4) is 0 Å². The minimum atomic E-state index is -0.623. The van der Waals surface area contributed by atoms with Gasteiger partial charge in [0.25, 0.3) is 0 Å². The molecule has 0 bridgehead atoms. The molecule has 1 aliphatic heterocycles. The Morgan fingerprint density at radius 1 is 1.41 bits per heavy atom. The number of rotatable bonds is 3. The molecule has 1 atom stereocenters. The van der Waals surface area contributed by atoms with Gasteiger partial charge in [-0.25, -0.2) is 9.59 Å². The van der Waals surface area contributed by atoms with Crippen molar-refractivity contribution in [2.24, 2.45) is 0 Å². The van der Waals surface area contributed by atoms with Crippen molar-refractivity contribution in [2.75, 3.05) is 40.0 Å². The summed E-state index contributed by atoms with van der Waals surface area (Å²) < 4.78 is 9.91. The molecule has 0 N–H and O–H groups in total. The van der Waals surface area contributed by atoms with E-state index in [2.05, 4.69) is 4.74 Å². The molecular formula is C11H20N2O4. The van der Waals surface area contributed by atoms with E-state index in [1.165, 1.54) is 12.0 Å². The summed E-state index contributed by atoms with van der Waals surface area (Å²) in [6.07, 6.45) is 0. The molecule has 0 aromatic rings. The van der Waals surface area contributed by atoms with E-state index in [0.717, 1.165) is 0 Å². The maximum absolute atomic E-state index is 12.2. The average molecular weight is 244 g/mol. The Hall–Kier alpha value is -1.30. The number of esters is 1. The van der Waals surface area contributed by atoms with Crippen LogP contribution >= 0.6 is 0 Å². The number of amides is 2. The van der Waals surface area contributed by atoms with Crippen molar-refractivity contribution in [2.45, 2.75) is 19.9 Å². The Balaban J connectivity index is 2.76. The van der Waals surface area contributed by atoms with E-state index in [1.54, 1.807) is 4.90 Å². The first-order valence-corrected chi connectivity index (χ1v) is 5.86. The molecule has 0 spiro atoms. The molecule has 1 unspecified atom stereocenters. The van der Waals surface area contributed by atoms with E-state index in [4.69, 9.17) is 4.74 Å². The highest BCUT2D eigenvalue weighted by atomic mass is 16.5. The van der Waals surface area contributed by atoms with Crippen molar-refractivity contribution >= 4 is 12.0 Å². The predicted octanol–water partition coefficient (Wildman–Crippen LogP) is 0.322. The van der Waals surface area contributed by atoms with Crippen LogP contribution in [0.15, 0.2) is 0 Å². The minimum absolute atomic E-state index is 0.131. The molecule has 1 saturated heterocycles. The fraction of sp³-hybridized carbons (Fsp3) is 0.818. The fourth-order valence-corrected chi connectivity index (χ4v) is 1.84. The molecule has 0 aromatic carbocycles. The van der Waals surface area contributed by atoms with Gasteiger partial charge in [-0.15, -0.1) is 0 Å². The highest BCUT2D eigenvalue weighted by Gasteiger charge is 2.35. The SMILES string of the molecule is CCN(CC)C(=O)N1CCOCC1C(=O)OC. The lowest BCUT2D eigenvalue weighted by Crippen LogP contribution is -2.56. The van der Waals surface area contributed by atoms with Crippen LogP contribution in [0.25, 0.3) is 0 Å². The molecule has 1 aliphatic rings. The van der Waals surface area contributed by atoms with E-state index < -0.39 is 12.0 Å². The summed E-state index contributed by atoms with van der Waals surface area (Å²) in [7, 11) is 1.32.